The summed E-state index contributed by atoms with van der Waals surface area (Å²) in [6.07, 6.45) is -1.02. The first-order valence-electron chi connectivity index (χ1n) is 3.96. The van der Waals surface area contributed by atoms with Crippen LogP contribution in [-0.2, 0) is 4.79 Å². The molecule has 15 heavy (non-hydrogen) atoms. The zero-order valence-corrected chi connectivity index (χ0v) is 9.90. The lowest BCUT2D eigenvalue weighted by molar-refractivity contribution is -0.144. The van der Waals surface area contributed by atoms with Gasteiger partial charge < -0.3 is 9.84 Å². The molecule has 6 heteroatoms. The Morgan fingerprint density at radius 3 is 2.53 bits per heavy atom. The molecule has 0 saturated heterocycles. The zero-order valence-electron chi connectivity index (χ0n) is 7.63. The van der Waals surface area contributed by atoms with Gasteiger partial charge in [0.2, 0.25) is 0 Å². The second-order valence-electron chi connectivity index (χ2n) is 2.80. The minimum absolute atomic E-state index is 0.147. The Balaban J connectivity index is 2.99. The molecule has 0 saturated carbocycles. The minimum atomic E-state index is -1.10. The fourth-order valence-electron chi connectivity index (χ4n) is 0.859. The summed E-state index contributed by atoms with van der Waals surface area (Å²) >= 11 is 17.3. The van der Waals surface area contributed by atoms with Crippen LogP contribution in [0.15, 0.2) is 12.1 Å². The maximum Gasteiger partial charge on any atom is 0.344 e. The molecule has 0 fully saturated rings. The molecule has 0 aromatic heterocycles. The first kappa shape index (κ1) is 12.4. The zero-order chi connectivity index (χ0) is 11.6. The van der Waals surface area contributed by atoms with E-state index >= 15 is 0 Å². The highest BCUT2D eigenvalue weighted by molar-refractivity contribution is 6.44. The van der Waals surface area contributed by atoms with Gasteiger partial charge in [0.1, 0.15) is 10.8 Å². The number of aliphatic carboxylic acids is 1. The monoisotopic (exact) mass is 268 g/mol. The van der Waals surface area contributed by atoms with Crippen molar-refractivity contribution in [2.75, 3.05) is 0 Å². The van der Waals surface area contributed by atoms with Gasteiger partial charge in [-0.25, -0.2) is 4.79 Å². The van der Waals surface area contributed by atoms with Crippen LogP contribution in [0.1, 0.15) is 6.92 Å². The summed E-state index contributed by atoms with van der Waals surface area (Å²) in [5, 5.41) is 9.34. The minimum Gasteiger partial charge on any atom is -0.479 e. The summed E-state index contributed by atoms with van der Waals surface area (Å²) in [6, 6.07) is 2.86. The molecule has 0 heterocycles. The lowest BCUT2D eigenvalue weighted by Crippen LogP contribution is -2.23. The van der Waals surface area contributed by atoms with Crippen LogP contribution in [0.2, 0.25) is 15.1 Å². The number of hydrogen-bond donors (Lipinski definition) is 1. The summed E-state index contributed by atoms with van der Waals surface area (Å²) in [6.45, 7) is 1.38. The van der Waals surface area contributed by atoms with Crippen molar-refractivity contribution in [3.63, 3.8) is 0 Å². The van der Waals surface area contributed by atoms with Gasteiger partial charge in [-0.05, 0) is 13.0 Å². The number of carboxylic acids is 1. The normalized spacial score (nSPS) is 12.3. The SMILES string of the molecule is C[C@@H](Oc1cc(Cl)cc(Cl)c1Cl)C(=O)O. The molecule has 3 nitrogen and oxygen atoms in total. The van der Waals surface area contributed by atoms with Crippen molar-refractivity contribution in [2.45, 2.75) is 13.0 Å². The fraction of sp³-hybridized carbons (Fsp3) is 0.222. The predicted octanol–water partition coefficient (Wildman–Crippen LogP) is 3.50. The van der Waals surface area contributed by atoms with Crippen LogP contribution in [0.3, 0.4) is 0 Å². The van der Waals surface area contributed by atoms with E-state index in [0.717, 1.165) is 0 Å². The average molecular weight is 270 g/mol. The second kappa shape index (κ2) is 4.92. The molecule has 1 aromatic rings. The van der Waals surface area contributed by atoms with Crippen LogP contribution >= 0.6 is 34.8 Å². The molecule has 0 amide bonds. The number of carboxylic acid groups (broad SMARTS) is 1. The number of ether oxygens (including phenoxy) is 1. The van der Waals surface area contributed by atoms with Crippen LogP contribution in [0, 0.1) is 0 Å². The van der Waals surface area contributed by atoms with E-state index in [0.29, 0.717) is 5.02 Å². The fourth-order valence-corrected chi connectivity index (χ4v) is 1.49. The van der Waals surface area contributed by atoms with Crippen molar-refractivity contribution >= 4 is 40.8 Å². The number of hydrogen-bond acceptors (Lipinski definition) is 2. The Morgan fingerprint density at radius 2 is 2.00 bits per heavy atom. The van der Waals surface area contributed by atoms with Gasteiger partial charge in [-0.1, -0.05) is 34.8 Å². The molecule has 0 bridgehead atoms. The first-order valence-corrected chi connectivity index (χ1v) is 5.09. The van der Waals surface area contributed by atoms with E-state index < -0.39 is 12.1 Å². The Labute approximate surface area is 102 Å². The lowest BCUT2D eigenvalue weighted by atomic mass is 10.3. The highest BCUT2D eigenvalue weighted by Gasteiger charge is 2.16. The van der Waals surface area contributed by atoms with Crippen LogP contribution in [-0.4, -0.2) is 17.2 Å². The largest absolute Gasteiger partial charge is 0.479 e. The molecule has 1 atom stereocenters. The summed E-state index contributed by atoms with van der Waals surface area (Å²) in [5.41, 5.74) is 0. The van der Waals surface area contributed by atoms with Crippen LogP contribution in [0.25, 0.3) is 0 Å². The topological polar surface area (TPSA) is 46.5 Å². The van der Waals surface area contributed by atoms with E-state index in [1.165, 1.54) is 19.1 Å². The molecule has 0 aliphatic heterocycles. The Morgan fingerprint density at radius 1 is 1.40 bits per heavy atom. The highest BCUT2D eigenvalue weighted by atomic mass is 35.5. The van der Waals surface area contributed by atoms with Gasteiger partial charge in [0.05, 0.1) is 5.02 Å². The van der Waals surface area contributed by atoms with Crippen molar-refractivity contribution in [1.82, 2.24) is 0 Å². The van der Waals surface area contributed by atoms with Crippen molar-refractivity contribution in [2.24, 2.45) is 0 Å². The third-order valence-corrected chi connectivity index (χ3v) is 2.61. The molecule has 1 rings (SSSR count). The molecule has 0 aliphatic rings. The quantitative estimate of drug-likeness (QED) is 0.854. The Kier molecular flexibility index (Phi) is 4.08. The van der Waals surface area contributed by atoms with E-state index in [-0.39, 0.29) is 15.8 Å². The summed E-state index contributed by atoms with van der Waals surface area (Å²) < 4.78 is 5.07. The molecular formula is C9H7Cl3O3. The van der Waals surface area contributed by atoms with E-state index in [4.69, 9.17) is 44.6 Å². The molecule has 0 unspecified atom stereocenters. The molecule has 1 aromatic carbocycles. The third-order valence-electron chi connectivity index (χ3n) is 1.61. The van der Waals surface area contributed by atoms with Crippen molar-refractivity contribution in [3.05, 3.63) is 27.2 Å². The van der Waals surface area contributed by atoms with Gasteiger partial charge in [0.25, 0.3) is 0 Å². The number of rotatable bonds is 3. The van der Waals surface area contributed by atoms with Crippen LogP contribution < -0.4 is 4.74 Å². The Bertz CT molecular complexity index is 392. The number of halogens is 3. The summed E-state index contributed by atoms with van der Waals surface area (Å²) in [7, 11) is 0. The Hall–Kier alpha value is -0.640. The standard InChI is InChI=1S/C9H7Cl3O3/c1-4(9(13)14)15-7-3-5(10)2-6(11)8(7)12/h2-4H,1H3,(H,13,14)/t4-/m1/s1. The third kappa shape index (κ3) is 3.16. The van der Waals surface area contributed by atoms with E-state index in [2.05, 4.69) is 0 Å². The van der Waals surface area contributed by atoms with Gasteiger partial charge in [0, 0.05) is 11.1 Å². The average Bonchev–Trinajstić information content (AvgIpc) is 2.13. The summed E-state index contributed by atoms with van der Waals surface area (Å²) in [5.74, 6) is -0.939. The lowest BCUT2D eigenvalue weighted by Gasteiger charge is -2.12. The molecule has 82 valence electrons. The van der Waals surface area contributed by atoms with Gasteiger partial charge in [-0.2, -0.15) is 0 Å². The highest BCUT2D eigenvalue weighted by Crippen LogP contribution is 2.35. The second-order valence-corrected chi connectivity index (χ2v) is 4.02. The van der Waals surface area contributed by atoms with E-state index in [1.807, 2.05) is 0 Å². The summed E-state index contributed by atoms with van der Waals surface area (Å²) in [4.78, 5) is 10.6. The van der Waals surface area contributed by atoms with E-state index in [9.17, 15) is 4.79 Å². The number of benzene rings is 1. The first-order chi connectivity index (χ1) is 6.91. The van der Waals surface area contributed by atoms with Crippen molar-refractivity contribution in [3.8, 4) is 5.75 Å². The molecule has 0 radical (unpaired) electrons. The van der Waals surface area contributed by atoms with Crippen molar-refractivity contribution in [1.29, 1.82) is 0 Å². The van der Waals surface area contributed by atoms with Gasteiger partial charge in [-0.3, -0.25) is 0 Å². The number of carbonyl (C=O) groups is 1. The predicted molar refractivity (Wildman–Crippen MR) is 59.2 cm³/mol. The molecule has 1 N–H and O–H groups in total. The smallest absolute Gasteiger partial charge is 0.344 e. The molecular weight excluding hydrogens is 262 g/mol. The van der Waals surface area contributed by atoms with Gasteiger partial charge >= 0.3 is 5.97 Å². The van der Waals surface area contributed by atoms with E-state index in [1.54, 1.807) is 0 Å². The maximum atomic E-state index is 10.6. The maximum absolute atomic E-state index is 10.6. The van der Waals surface area contributed by atoms with Crippen LogP contribution in [0.5, 0.6) is 5.75 Å². The van der Waals surface area contributed by atoms with Crippen molar-refractivity contribution < 1.29 is 14.6 Å². The van der Waals surface area contributed by atoms with Gasteiger partial charge in [-0.15, -0.1) is 0 Å². The molecule has 0 aliphatic carbocycles. The van der Waals surface area contributed by atoms with Gasteiger partial charge in [0.15, 0.2) is 6.10 Å². The van der Waals surface area contributed by atoms with Crippen LogP contribution in [0.4, 0.5) is 0 Å². The molecule has 0 spiro atoms.